The van der Waals surface area contributed by atoms with Crippen molar-refractivity contribution in [3.05, 3.63) is 47.6 Å². The molecule has 4 aliphatic rings. The number of fused-ring (bicyclic) bond motifs is 3. The van der Waals surface area contributed by atoms with Gasteiger partial charge in [0, 0.05) is 49.6 Å². The van der Waals surface area contributed by atoms with Crippen LogP contribution in [0.3, 0.4) is 0 Å². The number of hydrogen-bond acceptors (Lipinski definition) is 6. The van der Waals surface area contributed by atoms with Gasteiger partial charge >= 0.3 is 5.97 Å². The maximum atomic E-state index is 12.9. The zero-order chi connectivity index (χ0) is 22.5. The van der Waals surface area contributed by atoms with Gasteiger partial charge in [-0.05, 0) is 43.5 Å². The molecule has 1 aromatic carbocycles. The Morgan fingerprint density at radius 3 is 2.66 bits per heavy atom. The predicted molar refractivity (Wildman–Crippen MR) is 123 cm³/mol. The summed E-state index contributed by atoms with van der Waals surface area (Å²) in [6, 6.07) is 8.12. The Labute approximate surface area is 189 Å². The number of anilines is 1. The summed E-state index contributed by atoms with van der Waals surface area (Å²) in [6.45, 7) is 8.39. The van der Waals surface area contributed by atoms with Crippen LogP contribution in [-0.4, -0.2) is 62.6 Å². The highest BCUT2D eigenvalue weighted by Gasteiger charge is 2.54. The Hall–Kier alpha value is -2.60. The summed E-state index contributed by atoms with van der Waals surface area (Å²) in [5.41, 5.74) is 2.76. The van der Waals surface area contributed by atoms with E-state index in [1.807, 2.05) is 31.2 Å². The molecule has 3 fully saturated rings. The second kappa shape index (κ2) is 8.07. The number of rotatable bonds is 4. The van der Waals surface area contributed by atoms with Gasteiger partial charge in [-0.1, -0.05) is 25.1 Å². The van der Waals surface area contributed by atoms with E-state index in [0.717, 1.165) is 68.1 Å². The van der Waals surface area contributed by atoms with E-state index in [2.05, 4.69) is 22.8 Å². The average Bonchev–Trinajstić information content (AvgIpc) is 3.11. The summed E-state index contributed by atoms with van der Waals surface area (Å²) < 4.78 is 11.5. The van der Waals surface area contributed by atoms with E-state index in [9.17, 15) is 9.59 Å². The van der Waals surface area contributed by atoms with E-state index in [1.165, 1.54) is 0 Å². The Bertz CT molecular complexity index is 991. The number of nitrogens with zero attached hydrogens (tertiary/aromatic N) is 2. The lowest BCUT2D eigenvalue weighted by Gasteiger charge is -2.43. The second-order valence-corrected chi connectivity index (χ2v) is 9.78. The number of piperazine rings is 1. The SMILES string of the molecule is COc1ccccc1N1CCN(C[C@@H]2C(=O)O[C@H]3C4=C(C)C(=O)C=C[C@]4(C)CC[C@@H]23)CC1. The number of methoxy groups -OCH3 is 1. The molecule has 2 aliphatic heterocycles. The minimum Gasteiger partial charge on any atom is -0.495 e. The molecule has 6 heteroatoms. The summed E-state index contributed by atoms with van der Waals surface area (Å²) in [6.07, 6.45) is 5.36. The van der Waals surface area contributed by atoms with Crippen LogP contribution >= 0.6 is 0 Å². The van der Waals surface area contributed by atoms with Crippen LogP contribution in [0.15, 0.2) is 47.6 Å². The van der Waals surface area contributed by atoms with Crippen molar-refractivity contribution in [3.8, 4) is 5.75 Å². The number of allylic oxidation sites excluding steroid dienone is 3. The highest BCUT2D eigenvalue weighted by Crippen LogP contribution is 2.53. The molecule has 0 N–H and O–H groups in total. The monoisotopic (exact) mass is 436 g/mol. The standard InChI is InChI=1S/C26H32N2O4/c1-17-21(29)9-11-26(2)10-8-18-19(25(30)32-24(18)23(17)26)16-27-12-14-28(15-13-27)20-6-4-5-7-22(20)31-3/h4-7,9,11,18-19,24H,8,10,12-16H2,1-3H3/t18-,19-,24+,26-/m0/s1. The molecule has 0 bridgehead atoms. The molecule has 0 radical (unpaired) electrons. The fourth-order valence-electron chi connectivity index (χ4n) is 6.12. The molecular formula is C26H32N2O4. The largest absolute Gasteiger partial charge is 0.495 e. The predicted octanol–water partition coefficient (Wildman–Crippen LogP) is 3.23. The first-order valence-corrected chi connectivity index (χ1v) is 11.7. The number of carbonyl (C=O) groups is 2. The van der Waals surface area contributed by atoms with Crippen molar-refractivity contribution < 1.29 is 19.1 Å². The maximum absolute atomic E-state index is 12.9. The Morgan fingerprint density at radius 1 is 1.16 bits per heavy atom. The number of esters is 1. The van der Waals surface area contributed by atoms with E-state index in [1.54, 1.807) is 13.2 Å². The summed E-state index contributed by atoms with van der Waals surface area (Å²) in [5, 5.41) is 0. The van der Waals surface area contributed by atoms with Crippen molar-refractivity contribution in [2.45, 2.75) is 32.8 Å². The van der Waals surface area contributed by atoms with Crippen LogP contribution < -0.4 is 9.64 Å². The molecule has 1 saturated carbocycles. The molecule has 2 heterocycles. The zero-order valence-corrected chi connectivity index (χ0v) is 19.2. The number of carbonyl (C=O) groups excluding carboxylic acids is 2. The lowest BCUT2D eigenvalue weighted by molar-refractivity contribution is -0.144. The third-order valence-electron chi connectivity index (χ3n) is 7.98. The van der Waals surface area contributed by atoms with Crippen LogP contribution in [0.2, 0.25) is 0 Å². The van der Waals surface area contributed by atoms with Gasteiger partial charge in [0.2, 0.25) is 0 Å². The van der Waals surface area contributed by atoms with Gasteiger partial charge in [-0.25, -0.2) is 0 Å². The van der Waals surface area contributed by atoms with Crippen LogP contribution in [0.4, 0.5) is 5.69 Å². The summed E-state index contributed by atoms with van der Waals surface area (Å²) in [7, 11) is 1.71. The molecule has 0 amide bonds. The van der Waals surface area contributed by atoms with Gasteiger partial charge in [0.25, 0.3) is 0 Å². The molecule has 32 heavy (non-hydrogen) atoms. The smallest absolute Gasteiger partial charge is 0.311 e. The van der Waals surface area contributed by atoms with Crippen molar-refractivity contribution in [3.63, 3.8) is 0 Å². The van der Waals surface area contributed by atoms with Crippen molar-refractivity contribution in [1.29, 1.82) is 0 Å². The zero-order valence-electron chi connectivity index (χ0n) is 19.2. The summed E-state index contributed by atoms with van der Waals surface area (Å²) in [4.78, 5) is 30.0. The van der Waals surface area contributed by atoms with Crippen LogP contribution in [-0.2, 0) is 14.3 Å². The maximum Gasteiger partial charge on any atom is 0.311 e. The Kier molecular flexibility index (Phi) is 5.36. The molecular weight excluding hydrogens is 404 g/mol. The van der Waals surface area contributed by atoms with Gasteiger partial charge in [0.1, 0.15) is 11.9 Å². The summed E-state index contributed by atoms with van der Waals surface area (Å²) in [5.74, 6) is 0.882. The topological polar surface area (TPSA) is 59.1 Å². The second-order valence-electron chi connectivity index (χ2n) is 9.78. The number of hydrogen-bond donors (Lipinski definition) is 0. The van der Waals surface area contributed by atoms with E-state index in [-0.39, 0.29) is 35.1 Å². The lowest BCUT2D eigenvalue weighted by Crippen LogP contribution is -2.49. The molecule has 0 unspecified atom stereocenters. The van der Waals surface area contributed by atoms with E-state index < -0.39 is 0 Å². The van der Waals surface area contributed by atoms with Crippen LogP contribution in [0.1, 0.15) is 26.7 Å². The molecule has 0 spiro atoms. The Morgan fingerprint density at radius 2 is 1.91 bits per heavy atom. The minimum atomic E-state index is -0.255. The molecule has 5 rings (SSSR count). The van der Waals surface area contributed by atoms with Gasteiger partial charge in [0.15, 0.2) is 5.78 Å². The lowest BCUT2D eigenvalue weighted by atomic mass is 9.61. The van der Waals surface area contributed by atoms with Gasteiger partial charge in [-0.2, -0.15) is 0 Å². The van der Waals surface area contributed by atoms with Gasteiger partial charge in [-0.15, -0.1) is 0 Å². The van der Waals surface area contributed by atoms with Gasteiger partial charge in [0.05, 0.1) is 18.7 Å². The van der Waals surface area contributed by atoms with Crippen LogP contribution in [0, 0.1) is 17.3 Å². The van der Waals surface area contributed by atoms with Crippen molar-refractivity contribution in [1.82, 2.24) is 4.90 Å². The molecule has 0 aromatic heterocycles. The van der Waals surface area contributed by atoms with Crippen molar-refractivity contribution in [2.75, 3.05) is 44.7 Å². The fourth-order valence-corrected chi connectivity index (χ4v) is 6.12. The third kappa shape index (κ3) is 3.45. The molecule has 2 saturated heterocycles. The van der Waals surface area contributed by atoms with Gasteiger partial charge in [-0.3, -0.25) is 14.5 Å². The number of ether oxygens (including phenoxy) is 2. The molecule has 4 atom stereocenters. The quantitative estimate of drug-likeness (QED) is 0.676. The minimum absolute atomic E-state index is 0.0464. The summed E-state index contributed by atoms with van der Waals surface area (Å²) >= 11 is 0. The number of para-hydroxylation sites is 2. The van der Waals surface area contributed by atoms with Gasteiger partial charge < -0.3 is 14.4 Å². The van der Waals surface area contributed by atoms with E-state index >= 15 is 0 Å². The van der Waals surface area contributed by atoms with Crippen LogP contribution in [0.25, 0.3) is 0 Å². The molecule has 6 nitrogen and oxygen atoms in total. The fraction of sp³-hybridized carbons (Fsp3) is 0.538. The first-order chi connectivity index (χ1) is 15.4. The normalized spacial score (nSPS) is 32.6. The van der Waals surface area contributed by atoms with E-state index in [4.69, 9.17) is 9.47 Å². The van der Waals surface area contributed by atoms with Crippen LogP contribution in [0.5, 0.6) is 5.75 Å². The molecule has 1 aromatic rings. The molecule has 170 valence electrons. The Balaban J connectivity index is 1.27. The number of benzene rings is 1. The van der Waals surface area contributed by atoms with E-state index in [0.29, 0.717) is 0 Å². The number of ketones is 1. The highest BCUT2D eigenvalue weighted by atomic mass is 16.6. The third-order valence-corrected chi connectivity index (χ3v) is 7.98. The van der Waals surface area contributed by atoms with Crippen molar-refractivity contribution >= 4 is 17.4 Å². The molecule has 2 aliphatic carbocycles. The highest BCUT2D eigenvalue weighted by molar-refractivity contribution is 6.05. The first-order valence-electron chi connectivity index (χ1n) is 11.7. The first kappa shape index (κ1) is 21.3. The average molecular weight is 437 g/mol. The van der Waals surface area contributed by atoms with Crippen molar-refractivity contribution in [2.24, 2.45) is 17.3 Å².